The van der Waals surface area contributed by atoms with Crippen molar-refractivity contribution >= 4 is 18.3 Å². The van der Waals surface area contributed by atoms with E-state index in [1.807, 2.05) is 0 Å². The van der Waals surface area contributed by atoms with Crippen molar-refractivity contribution in [1.29, 1.82) is 0 Å². The van der Waals surface area contributed by atoms with E-state index in [2.05, 4.69) is 4.90 Å². The number of carbonyl (C=O) groups excluding carboxylic acids is 1. The molecule has 18 heavy (non-hydrogen) atoms. The van der Waals surface area contributed by atoms with E-state index >= 15 is 0 Å². The second-order valence-corrected chi connectivity index (χ2v) is 5.15. The quantitative estimate of drug-likeness (QED) is 0.851. The number of hydrogen-bond donors (Lipinski definition) is 1. The first-order valence-electron chi connectivity index (χ1n) is 6.91. The number of carbonyl (C=O) groups is 1. The molecular weight excluding hydrogens is 252 g/mol. The SMILES string of the molecule is Cl.NCCC1CCCCN1C(=O)C1CCOCC1. The van der Waals surface area contributed by atoms with Gasteiger partial charge in [0.05, 0.1) is 0 Å². The molecule has 0 aromatic rings. The maximum atomic E-state index is 12.5. The Kier molecular flexibility index (Phi) is 6.97. The second kappa shape index (κ2) is 7.97. The Morgan fingerprint density at radius 1 is 1.22 bits per heavy atom. The summed E-state index contributed by atoms with van der Waals surface area (Å²) in [7, 11) is 0. The van der Waals surface area contributed by atoms with Crippen LogP contribution >= 0.6 is 12.4 Å². The van der Waals surface area contributed by atoms with Crippen LogP contribution in [0.1, 0.15) is 38.5 Å². The Labute approximate surface area is 116 Å². The topological polar surface area (TPSA) is 55.6 Å². The molecule has 0 spiro atoms. The van der Waals surface area contributed by atoms with E-state index < -0.39 is 0 Å². The van der Waals surface area contributed by atoms with Crippen molar-refractivity contribution in [2.75, 3.05) is 26.3 Å². The molecule has 2 heterocycles. The van der Waals surface area contributed by atoms with E-state index in [1.165, 1.54) is 6.42 Å². The molecule has 2 N–H and O–H groups in total. The summed E-state index contributed by atoms with van der Waals surface area (Å²) in [4.78, 5) is 14.6. The lowest BCUT2D eigenvalue weighted by molar-refractivity contribution is -0.142. The summed E-state index contributed by atoms with van der Waals surface area (Å²) >= 11 is 0. The fraction of sp³-hybridized carbons (Fsp3) is 0.923. The number of halogens is 1. The molecule has 0 bridgehead atoms. The van der Waals surface area contributed by atoms with Gasteiger partial charge in [-0.15, -0.1) is 12.4 Å². The minimum atomic E-state index is 0. The zero-order valence-corrected chi connectivity index (χ0v) is 11.8. The van der Waals surface area contributed by atoms with Crippen LogP contribution < -0.4 is 5.73 Å². The molecule has 0 radical (unpaired) electrons. The number of nitrogens with two attached hydrogens (primary N) is 1. The van der Waals surface area contributed by atoms with E-state index in [0.717, 1.165) is 51.9 Å². The lowest BCUT2D eigenvalue weighted by Crippen LogP contribution is -2.48. The summed E-state index contributed by atoms with van der Waals surface area (Å²) in [6.45, 7) is 3.10. The first-order valence-corrected chi connectivity index (χ1v) is 6.91. The average molecular weight is 277 g/mol. The second-order valence-electron chi connectivity index (χ2n) is 5.15. The van der Waals surface area contributed by atoms with Gasteiger partial charge in [0.1, 0.15) is 0 Å². The third kappa shape index (κ3) is 3.84. The van der Waals surface area contributed by atoms with E-state index in [1.54, 1.807) is 0 Å². The van der Waals surface area contributed by atoms with Crippen molar-refractivity contribution in [3.05, 3.63) is 0 Å². The van der Waals surface area contributed by atoms with Gasteiger partial charge in [-0.25, -0.2) is 0 Å². The highest BCUT2D eigenvalue weighted by molar-refractivity contribution is 5.85. The Hall–Kier alpha value is -0.320. The van der Waals surface area contributed by atoms with Gasteiger partial charge in [-0.3, -0.25) is 4.79 Å². The van der Waals surface area contributed by atoms with Gasteiger partial charge in [0.2, 0.25) is 5.91 Å². The highest BCUT2D eigenvalue weighted by Crippen LogP contribution is 2.25. The minimum Gasteiger partial charge on any atom is -0.381 e. The maximum Gasteiger partial charge on any atom is 0.226 e. The van der Waals surface area contributed by atoms with E-state index in [9.17, 15) is 4.79 Å². The van der Waals surface area contributed by atoms with E-state index in [-0.39, 0.29) is 18.3 Å². The molecule has 4 nitrogen and oxygen atoms in total. The standard InChI is InChI=1S/C13H24N2O2.ClH/c14-7-4-12-3-1-2-8-15(12)13(16)11-5-9-17-10-6-11;/h11-12H,1-10,14H2;1H. The summed E-state index contributed by atoms with van der Waals surface area (Å²) in [6, 6.07) is 0.393. The smallest absolute Gasteiger partial charge is 0.226 e. The molecule has 1 atom stereocenters. The molecule has 2 saturated heterocycles. The first-order chi connectivity index (χ1) is 8.33. The number of rotatable bonds is 3. The molecule has 2 fully saturated rings. The number of hydrogen-bond acceptors (Lipinski definition) is 3. The predicted molar refractivity (Wildman–Crippen MR) is 73.8 cm³/mol. The molecule has 2 rings (SSSR count). The third-order valence-corrected chi connectivity index (χ3v) is 3.98. The van der Waals surface area contributed by atoms with Gasteiger partial charge in [-0.1, -0.05) is 0 Å². The van der Waals surface area contributed by atoms with Crippen LogP contribution in [0.5, 0.6) is 0 Å². The fourth-order valence-electron chi connectivity index (χ4n) is 2.96. The van der Waals surface area contributed by atoms with Crippen LogP contribution in [-0.2, 0) is 9.53 Å². The highest BCUT2D eigenvalue weighted by atomic mass is 35.5. The third-order valence-electron chi connectivity index (χ3n) is 3.98. The summed E-state index contributed by atoms with van der Waals surface area (Å²) in [5.41, 5.74) is 5.64. The van der Waals surface area contributed by atoms with Crippen molar-refractivity contribution < 1.29 is 9.53 Å². The largest absolute Gasteiger partial charge is 0.381 e. The molecule has 0 aromatic carbocycles. The number of likely N-dealkylation sites (tertiary alicyclic amines) is 1. The molecular formula is C13H25ClN2O2. The Morgan fingerprint density at radius 2 is 1.94 bits per heavy atom. The zero-order chi connectivity index (χ0) is 12.1. The molecule has 2 aliphatic rings. The Balaban J connectivity index is 0.00000162. The van der Waals surface area contributed by atoms with Crippen LogP contribution in [0, 0.1) is 5.92 Å². The molecule has 1 unspecified atom stereocenters. The number of nitrogens with zero attached hydrogens (tertiary/aromatic N) is 1. The normalized spacial score (nSPS) is 25.6. The van der Waals surface area contributed by atoms with Gasteiger partial charge in [0, 0.05) is 31.7 Å². The van der Waals surface area contributed by atoms with Gasteiger partial charge in [-0.2, -0.15) is 0 Å². The van der Waals surface area contributed by atoms with E-state index in [4.69, 9.17) is 10.5 Å². The first kappa shape index (κ1) is 15.7. The van der Waals surface area contributed by atoms with Gasteiger partial charge in [0.25, 0.3) is 0 Å². The molecule has 0 aromatic heterocycles. The number of piperidine rings is 1. The van der Waals surface area contributed by atoms with Gasteiger partial charge >= 0.3 is 0 Å². The Bertz CT molecular complexity index is 255. The van der Waals surface area contributed by atoms with Gasteiger partial charge in [0.15, 0.2) is 0 Å². The fourth-order valence-corrected chi connectivity index (χ4v) is 2.96. The molecule has 0 aliphatic carbocycles. The Morgan fingerprint density at radius 3 is 2.61 bits per heavy atom. The molecule has 0 saturated carbocycles. The molecule has 1 amide bonds. The van der Waals surface area contributed by atoms with Crippen molar-refractivity contribution in [2.45, 2.75) is 44.6 Å². The number of amides is 1. The summed E-state index contributed by atoms with van der Waals surface area (Å²) in [6.07, 6.45) is 6.26. The van der Waals surface area contributed by atoms with Crippen molar-refractivity contribution in [2.24, 2.45) is 11.7 Å². The number of ether oxygens (including phenoxy) is 1. The lowest BCUT2D eigenvalue weighted by atomic mass is 9.93. The zero-order valence-electron chi connectivity index (χ0n) is 11.0. The molecule has 5 heteroatoms. The van der Waals surface area contributed by atoms with Crippen LogP contribution in [0.3, 0.4) is 0 Å². The van der Waals surface area contributed by atoms with Crippen LogP contribution in [0.25, 0.3) is 0 Å². The highest BCUT2D eigenvalue weighted by Gasteiger charge is 2.31. The lowest BCUT2D eigenvalue weighted by Gasteiger charge is -2.38. The molecule has 2 aliphatic heterocycles. The van der Waals surface area contributed by atoms with Gasteiger partial charge < -0.3 is 15.4 Å². The average Bonchev–Trinajstić information content (AvgIpc) is 2.40. The maximum absolute atomic E-state index is 12.5. The predicted octanol–water partition coefficient (Wildman–Crippen LogP) is 1.56. The van der Waals surface area contributed by atoms with Crippen molar-refractivity contribution in [3.8, 4) is 0 Å². The van der Waals surface area contributed by atoms with Crippen LogP contribution in [0.4, 0.5) is 0 Å². The van der Waals surface area contributed by atoms with Crippen LogP contribution in [0.15, 0.2) is 0 Å². The summed E-state index contributed by atoms with van der Waals surface area (Å²) < 4.78 is 5.32. The van der Waals surface area contributed by atoms with Crippen molar-refractivity contribution in [3.63, 3.8) is 0 Å². The van der Waals surface area contributed by atoms with Crippen molar-refractivity contribution in [1.82, 2.24) is 4.90 Å². The van der Waals surface area contributed by atoms with Crippen LogP contribution in [0.2, 0.25) is 0 Å². The summed E-state index contributed by atoms with van der Waals surface area (Å²) in [5.74, 6) is 0.550. The van der Waals surface area contributed by atoms with E-state index in [0.29, 0.717) is 18.5 Å². The van der Waals surface area contributed by atoms with Gasteiger partial charge in [-0.05, 0) is 45.1 Å². The van der Waals surface area contributed by atoms with Crippen LogP contribution in [-0.4, -0.2) is 43.2 Å². The minimum absolute atomic E-state index is 0. The monoisotopic (exact) mass is 276 g/mol. The summed E-state index contributed by atoms with van der Waals surface area (Å²) in [5, 5.41) is 0. The molecule has 106 valence electrons.